The average Bonchev–Trinajstić information content (AvgIpc) is 2.65. The summed E-state index contributed by atoms with van der Waals surface area (Å²) < 4.78 is 11.8. The molecule has 1 saturated carbocycles. The standard InChI is InChI=1S/C15H18O3/c1-8-4-7-15-11(8)12-10(9(2)13(16)17-12)5-6-14(15,3)18-15/h4,10-12H,2,5-7H2,1,3H3/t10-,11?,12+,14+,15-/m0/s1. The van der Waals surface area contributed by atoms with Crippen molar-refractivity contribution in [1.82, 2.24) is 0 Å². The van der Waals surface area contributed by atoms with Gasteiger partial charge in [0.15, 0.2) is 0 Å². The number of ether oxygens (including phenoxy) is 2. The Bertz CT molecular complexity index is 506. The van der Waals surface area contributed by atoms with Gasteiger partial charge >= 0.3 is 5.97 Å². The van der Waals surface area contributed by atoms with Crippen molar-refractivity contribution >= 4 is 5.97 Å². The first-order valence-corrected chi connectivity index (χ1v) is 6.75. The summed E-state index contributed by atoms with van der Waals surface area (Å²) in [7, 11) is 0. The Balaban J connectivity index is 1.81. The van der Waals surface area contributed by atoms with Crippen LogP contribution in [0.1, 0.15) is 33.1 Å². The summed E-state index contributed by atoms with van der Waals surface area (Å²) in [5.74, 6) is 0.219. The fraction of sp³-hybridized carbons (Fsp3) is 0.667. The van der Waals surface area contributed by atoms with E-state index in [-0.39, 0.29) is 35.1 Å². The summed E-state index contributed by atoms with van der Waals surface area (Å²) in [5.41, 5.74) is 1.86. The number of rotatable bonds is 0. The fourth-order valence-electron chi connectivity index (χ4n) is 4.45. The summed E-state index contributed by atoms with van der Waals surface area (Å²) >= 11 is 0. The Morgan fingerprint density at radius 3 is 3.06 bits per heavy atom. The molecule has 0 N–H and O–H groups in total. The first-order chi connectivity index (χ1) is 8.48. The summed E-state index contributed by atoms with van der Waals surface area (Å²) in [6, 6.07) is 0. The van der Waals surface area contributed by atoms with E-state index in [1.165, 1.54) is 5.57 Å². The third-order valence-electron chi connectivity index (χ3n) is 5.59. The van der Waals surface area contributed by atoms with Gasteiger partial charge < -0.3 is 9.47 Å². The second kappa shape index (κ2) is 2.90. The molecule has 3 fully saturated rings. The van der Waals surface area contributed by atoms with Gasteiger partial charge in [0.1, 0.15) is 11.7 Å². The van der Waals surface area contributed by atoms with E-state index in [4.69, 9.17) is 9.47 Å². The van der Waals surface area contributed by atoms with Gasteiger partial charge in [-0.25, -0.2) is 4.79 Å². The number of hydrogen-bond donors (Lipinski definition) is 0. The van der Waals surface area contributed by atoms with Gasteiger partial charge in [-0.3, -0.25) is 0 Å². The maximum Gasteiger partial charge on any atom is 0.334 e. The molecule has 1 unspecified atom stereocenters. The largest absolute Gasteiger partial charge is 0.458 e. The van der Waals surface area contributed by atoms with Crippen molar-refractivity contribution in [3.05, 3.63) is 23.8 Å². The predicted molar refractivity (Wildman–Crippen MR) is 65.8 cm³/mol. The highest BCUT2D eigenvalue weighted by Crippen LogP contribution is 2.67. The molecule has 5 atom stereocenters. The Kier molecular flexibility index (Phi) is 1.74. The summed E-state index contributed by atoms with van der Waals surface area (Å²) in [6.07, 6.45) is 5.13. The van der Waals surface area contributed by atoms with Crippen molar-refractivity contribution in [2.24, 2.45) is 11.8 Å². The lowest BCUT2D eigenvalue weighted by molar-refractivity contribution is -0.141. The lowest BCUT2D eigenvalue weighted by atomic mass is 9.78. The van der Waals surface area contributed by atoms with E-state index in [0.717, 1.165) is 19.3 Å². The zero-order valence-electron chi connectivity index (χ0n) is 10.9. The van der Waals surface area contributed by atoms with Crippen molar-refractivity contribution in [2.45, 2.75) is 50.4 Å². The average molecular weight is 246 g/mol. The van der Waals surface area contributed by atoms with Crippen molar-refractivity contribution in [2.75, 3.05) is 0 Å². The van der Waals surface area contributed by atoms with Gasteiger partial charge in [-0.15, -0.1) is 0 Å². The second-order valence-electron chi connectivity index (χ2n) is 6.39. The lowest BCUT2D eigenvalue weighted by Crippen LogP contribution is -2.37. The fourth-order valence-corrected chi connectivity index (χ4v) is 4.45. The molecule has 0 amide bonds. The van der Waals surface area contributed by atoms with Crippen LogP contribution in [0.5, 0.6) is 0 Å². The highest BCUT2D eigenvalue weighted by atomic mass is 16.6. The Morgan fingerprint density at radius 2 is 2.28 bits per heavy atom. The highest BCUT2D eigenvalue weighted by Gasteiger charge is 2.75. The van der Waals surface area contributed by atoms with Crippen LogP contribution in [0.2, 0.25) is 0 Å². The first-order valence-electron chi connectivity index (χ1n) is 6.75. The molecule has 0 radical (unpaired) electrons. The van der Waals surface area contributed by atoms with Crippen molar-refractivity contribution < 1.29 is 14.3 Å². The molecule has 3 nitrogen and oxygen atoms in total. The van der Waals surface area contributed by atoms with E-state index in [9.17, 15) is 4.79 Å². The molecule has 2 heterocycles. The molecule has 3 heteroatoms. The lowest BCUT2D eigenvalue weighted by Gasteiger charge is -2.26. The summed E-state index contributed by atoms with van der Waals surface area (Å²) in [4.78, 5) is 11.8. The molecule has 2 aliphatic heterocycles. The van der Waals surface area contributed by atoms with Gasteiger partial charge in [0.05, 0.1) is 5.60 Å². The molecule has 1 spiro atoms. The van der Waals surface area contributed by atoms with E-state index in [1.807, 2.05) is 0 Å². The number of esters is 1. The minimum Gasteiger partial charge on any atom is -0.458 e. The Morgan fingerprint density at radius 1 is 1.50 bits per heavy atom. The third-order valence-corrected chi connectivity index (χ3v) is 5.59. The topological polar surface area (TPSA) is 38.8 Å². The number of hydrogen-bond acceptors (Lipinski definition) is 3. The van der Waals surface area contributed by atoms with Crippen LogP contribution in [0.25, 0.3) is 0 Å². The first kappa shape index (κ1) is 10.8. The minimum absolute atomic E-state index is 0.0248. The van der Waals surface area contributed by atoms with Gasteiger partial charge in [0.2, 0.25) is 0 Å². The number of carbonyl (C=O) groups is 1. The van der Waals surface area contributed by atoms with E-state index in [2.05, 4.69) is 26.5 Å². The van der Waals surface area contributed by atoms with Crippen molar-refractivity contribution in [1.29, 1.82) is 0 Å². The van der Waals surface area contributed by atoms with Crippen LogP contribution < -0.4 is 0 Å². The maximum atomic E-state index is 11.8. The normalized spacial score (nSPS) is 53.0. The Hall–Kier alpha value is -1.09. The van der Waals surface area contributed by atoms with Crippen LogP contribution in [0, 0.1) is 11.8 Å². The van der Waals surface area contributed by atoms with Crippen LogP contribution in [0.4, 0.5) is 0 Å². The quantitative estimate of drug-likeness (QED) is 0.285. The van der Waals surface area contributed by atoms with Gasteiger partial charge in [0.25, 0.3) is 0 Å². The van der Waals surface area contributed by atoms with Crippen LogP contribution in [-0.2, 0) is 14.3 Å². The van der Waals surface area contributed by atoms with Crippen LogP contribution in [0.15, 0.2) is 23.8 Å². The Labute approximate surface area is 107 Å². The van der Waals surface area contributed by atoms with Gasteiger partial charge in [-0.05, 0) is 33.1 Å². The highest BCUT2D eigenvalue weighted by molar-refractivity contribution is 5.91. The summed E-state index contributed by atoms with van der Waals surface area (Å²) in [6.45, 7) is 8.27. The molecule has 2 aliphatic carbocycles. The van der Waals surface area contributed by atoms with E-state index in [0.29, 0.717) is 5.57 Å². The molecule has 4 aliphatic rings. The SMILES string of the molecule is C=C1C(=O)O[C@H]2C3C(C)=CC[C@]34O[C@]4(C)CC[C@@H]12. The predicted octanol–water partition coefficient (Wildman–Crippen LogP) is 2.37. The van der Waals surface area contributed by atoms with Crippen LogP contribution >= 0.6 is 0 Å². The molecule has 0 aromatic rings. The molecular weight excluding hydrogens is 228 g/mol. The third kappa shape index (κ3) is 0.993. The van der Waals surface area contributed by atoms with Gasteiger partial charge in [-0.1, -0.05) is 18.2 Å². The molecule has 0 bridgehead atoms. The van der Waals surface area contributed by atoms with Crippen molar-refractivity contribution in [3.63, 3.8) is 0 Å². The molecule has 4 rings (SSSR count). The van der Waals surface area contributed by atoms with Crippen molar-refractivity contribution in [3.8, 4) is 0 Å². The maximum absolute atomic E-state index is 11.8. The molecular formula is C15H18O3. The summed E-state index contributed by atoms with van der Waals surface area (Å²) in [5, 5.41) is 0. The van der Waals surface area contributed by atoms with E-state index in [1.54, 1.807) is 0 Å². The number of fused-ring (bicyclic) bond motifs is 2. The zero-order valence-corrected chi connectivity index (χ0v) is 10.9. The van der Waals surface area contributed by atoms with Gasteiger partial charge in [-0.2, -0.15) is 0 Å². The molecule has 0 aromatic carbocycles. The van der Waals surface area contributed by atoms with E-state index >= 15 is 0 Å². The van der Waals surface area contributed by atoms with Crippen LogP contribution in [0.3, 0.4) is 0 Å². The smallest absolute Gasteiger partial charge is 0.334 e. The molecule has 0 aromatic heterocycles. The molecule has 2 saturated heterocycles. The van der Waals surface area contributed by atoms with E-state index < -0.39 is 0 Å². The zero-order chi connectivity index (χ0) is 12.7. The number of carbonyl (C=O) groups excluding carboxylic acids is 1. The molecule has 18 heavy (non-hydrogen) atoms. The van der Waals surface area contributed by atoms with Gasteiger partial charge in [0, 0.05) is 17.4 Å². The second-order valence-corrected chi connectivity index (χ2v) is 6.39. The number of epoxide rings is 1. The van der Waals surface area contributed by atoms with Crippen LogP contribution in [-0.4, -0.2) is 23.3 Å². The minimum atomic E-state index is -0.205. The monoisotopic (exact) mass is 246 g/mol. The molecule has 96 valence electrons.